The molecule has 9 heteroatoms. The van der Waals surface area contributed by atoms with Gasteiger partial charge in [-0.25, -0.2) is 0 Å². The van der Waals surface area contributed by atoms with Gasteiger partial charge >= 0.3 is 5.97 Å². The molecule has 0 radical (unpaired) electrons. The maximum Gasteiger partial charge on any atom is 0.306 e. The number of fused-ring (bicyclic) bond motifs is 1. The average molecular weight is 370 g/mol. The highest BCUT2D eigenvalue weighted by Gasteiger charge is 2.45. The van der Waals surface area contributed by atoms with Crippen LogP contribution in [0.15, 0.2) is 12.1 Å². The van der Waals surface area contributed by atoms with Crippen LogP contribution in [-0.2, 0) is 22.4 Å². The van der Waals surface area contributed by atoms with Crippen LogP contribution in [-0.4, -0.2) is 73.9 Å². The minimum absolute atomic E-state index is 0.130. The summed E-state index contributed by atoms with van der Waals surface area (Å²) >= 11 is 0. The van der Waals surface area contributed by atoms with Crippen molar-refractivity contribution in [1.29, 1.82) is 0 Å². The first kappa shape index (κ1) is 18.9. The SMILES string of the molecule is O=C(O)[C@H]1CCc2c(cc(O)cc2O[C@H]2O[C@@H](CO)[C@H](O)[C@H](O)[C@@H]2O)C1. The average Bonchev–Trinajstić information content (AvgIpc) is 2.61. The van der Waals surface area contributed by atoms with Crippen LogP contribution < -0.4 is 4.74 Å². The van der Waals surface area contributed by atoms with Gasteiger partial charge in [0.15, 0.2) is 0 Å². The molecule has 1 aliphatic carbocycles. The summed E-state index contributed by atoms with van der Waals surface area (Å²) in [6.45, 7) is -0.580. The standard InChI is InChI=1S/C17H22O9/c18-6-12-13(20)14(21)15(22)17(26-12)25-11-5-9(19)4-8-3-7(16(23)24)1-2-10(8)11/h4-5,7,12-15,17-22H,1-3,6H2,(H,23,24)/t7-,12-,13-,14-,15-,17-/m0/s1. The number of carbonyl (C=O) groups is 1. The second-order valence-electron chi connectivity index (χ2n) is 6.67. The number of carboxylic acids is 1. The van der Waals surface area contributed by atoms with Crippen molar-refractivity contribution in [2.45, 2.75) is 50.0 Å². The van der Waals surface area contributed by atoms with Crippen LogP contribution in [0.2, 0.25) is 0 Å². The number of ether oxygens (including phenoxy) is 2. The fourth-order valence-electron chi connectivity index (χ4n) is 3.44. The lowest BCUT2D eigenvalue weighted by atomic mass is 9.83. The Labute approximate surface area is 149 Å². The van der Waals surface area contributed by atoms with Crippen LogP contribution >= 0.6 is 0 Å². The minimum Gasteiger partial charge on any atom is -0.508 e. The molecule has 1 fully saturated rings. The van der Waals surface area contributed by atoms with Crippen molar-refractivity contribution in [3.05, 3.63) is 23.3 Å². The Kier molecular flexibility index (Phi) is 5.35. The number of aliphatic carboxylic acids is 1. The molecule has 0 bridgehead atoms. The molecule has 0 aromatic heterocycles. The number of benzene rings is 1. The van der Waals surface area contributed by atoms with Gasteiger partial charge in [0.05, 0.1) is 12.5 Å². The summed E-state index contributed by atoms with van der Waals surface area (Å²) in [6, 6.07) is 2.80. The second kappa shape index (κ2) is 7.37. The van der Waals surface area contributed by atoms with E-state index >= 15 is 0 Å². The predicted molar refractivity (Wildman–Crippen MR) is 85.7 cm³/mol. The normalized spacial score (nSPS) is 34.2. The van der Waals surface area contributed by atoms with Gasteiger partial charge in [-0.05, 0) is 36.5 Å². The molecule has 0 amide bonds. The van der Waals surface area contributed by atoms with Crippen molar-refractivity contribution >= 4 is 5.97 Å². The number of rotatable bonds is 4. The number of hydrogen-bond donors (Lipinski definition) is 6. The third-order valence-electron chi connectivity index (χ3n) is 4.94. The van der Waals surface area contributed by atoms with Gasteiger partial charge in [0.2, 0.25) is 6.29 Å². The van der Waals surface area contributed by atoms with Crippen LogP contribution in [0, 0.1) is 5.92 Å². The molecule has 0 saturated carbocycles. The van der Waals surface area contributed by atoms with Crippen molar-refractivity contribution < 1.29 is 44.9 Å². The fraction of sp³-hybridized carbons (Fsp3) is 0.588. The Hall–Kier alpha value is -1.91. The summed E-state index contributed by atoms with van der Waals surface area (Å²) in [5, 5.41) is 58.1. The van der Waals surface area contributed by atoms with E-state index in [-0.39, 0.29) is 17.9 Å². The number of aliphatic hydroxyl groups is 4. The van der Waals surface area contributed by atoms with E-state index in [4.69, 9.17) is 9.47 Å². The summed E-state index contributed by atoms with van der Waals surface area (Å²) < 4.78 is 10.9. The van der Waals surface area contributed by atoms with Gasteiger partial charge in [-0.3, -0.25) is 4.79 Å². The monoisotopic (exact) mass is 370 g/mol. The highest BCUT2D eigenvalue weighted by molar-refractivity contribution is 5.71. The van der Waals surface area contributed by atoms with Gasteiger partial charge < -0.3 is 40.1 Å². The first-order valence-electron chi connectivity index (χ1n) is 8.36. The zero-order valence-electron chi connectivity index (χ0n) is 13.9. The van der Waals surface area contributed by atoms with E-state index in [0.717, 1.165) is 0 Å². The maximum atomic E-state index is 11.2. The van der Waals surface area contributed by atoms with Gasteiger partial charge in [-0.1, -0.05) is 0 Å². The van der Waals surface area contributed by atoms with Crippen LogP contribution in [0.5, 0.6) is 11.5 Å². The lowest BCUT2D eigenvalue weighted by Gasteiger charge is -2.40. The van der Waals surface area contributed by atoms with Crippen molar-refractivity contribution in [2.24, 2.45) is 5.92 Å². The van der Waals surface area contributed by atoms with E-state index in [9.17, 15) is 35.4 Å². The molecule has 1 aliphatic heterocycles. The number of hydrogen-bond acceptors (Lipinski definition) is 8. The van der Waals surface area contributed by atoms with Crippen molar-refractivity contribution in [3.8, 4) is 11.5 Å². The van der Waals surface area contributed by atoms with Crippen LogP contribution in [0.25, 0.3) is 0 Å². The third kappa shape index (κ3) is 3.49. The van der Waals surface area contributed by atoms with Crippen molar-refractivity contribution in [2.75, 3.05) is 6.61 Å². The Balaban J connectivity index is 1.85. The minimum atomic E-state index is -1.57. The number of aliphatic hydroxyl groups excluding tert-OH is 4. The van der Waals surface area contributed by atoms with E-state index in [1.54, 1.807) is 0 Å². The molecule has 9 nitrogen and oxygen atoms in total. The molecule has 6 N–H and O–H groups in total. The van der Waals surface area contributed by atoms with E-state index < -0.39 is 49.2 Å². The molecule has 1 aromatic carbocycles. The quantitative estimate of drug-likeness (QED) is 0.381. The first-order valence-corrected chi connectivity index (χ1v) is 8.36. The number of carboxylic acid groups (broad SMARTS) is 1. The van der Waals surface area contributed by atoms with Crippen LogP contribution in [0.1, 0.15) is 17.5 Å². The highest BCUT2D eigenvalue weighted by Crippen LogP contribution is 2.37. The van der Waals surface area contributed by atoms with Gasteiger partial charge in [0.25, 0.3) is 0 Å². The zero-order valence-corrected chi connectivity index (χ0v) is 13.9. The summed E-state index contributed by atoms with van der Waals surface area (Å²) in [6.07, 6.45) is -6.07. The predicted octanol–water partition coefficient (Wildman–Crippen LogP) is -1.24. The van der Waals surface area contributed by atoms with Gasteiger partial charge in [0.1, 0.15) is 35.9 Å². The molecule has 0 spiro atoms. The second-order valence-corrected chi connectivity index (χ2v) is 6.67. The molecular formula is C17H22O9. The smallest absolute Gasteiger partial charge is 0.306 e. The van der Waals surface area contributed by atoms with Crippen molar-refractivity contribution in [3.63, 3.8) is 0 Å². The molecule has 1 saturated heterocycles. The lowest BCUT2D eigenvalue weighted by Crippen LogP contribution is -2.60. The lowest BCUT2D eigenvalue weighted by molar-refractivity contribution is -0.277. The summed E-state index contributed by atoms with van der Waals surface area (Å²) in [4.78, 5) is 11.2. The van der Waals surface area contributed by atoms with Crippen molar-refractivity contribution in [1.82, 2.24) is 0 Å². The summed E-state index contributed by atoms with van der Waals surface area (Å²) in [5.41, 5.74) is 1.32. The number of phenols is 1. The zero-order chi connectivity index (χ0) is 19.0. The molecule has 6 atom stereocenters. The van der Waals surface area contributed by atoms with E-state index in [0.29, 0.717) is 24.0 Å². The summed E-state index contributed by atoms with van der Waals surface area (Å²) in [7, 11) is 0. The Morgan fingerprint density at radius 1 is 1.19 bits per heavy atom. The topological polar surface area (TPSA) is 157 Å². The number of phenolic OH excluding ortho intramolecular Hbond substituents is 1. The van der Waals surface area contributed by atoms with E-state index in [2.05, 4.69) is 0 Å². The molecule has 26 heavy (non-hydrogen) atoms. The Morgan fingerprint density at radius 3 is 2.58 bits per heavy atom. The fourth-order valence-corrected chi connectivity index (χ4v) is 3.44. The van der Waals surface area contributed by atoms with E-state index in [1.165, 1.54) is 12.1 Å². The molecular weight excluding hydrogens is 348 g/mol. The van der Waals surface area contributed by atoms with Gasteiger partial charge in [-0.15, -0.1) is 0 Å². The number of aromatic hydroxyl groups is 1. The first-order chi connectivity index (χ1) is 12.3. The third-order valence-corrected chi connectivity index (χ3v) is 4.94. The molecule has 2 aliphatic rings. The highest BCUT2D eigenvalue weighted by atomic mass is 16.7. The summed E-state index contributed by atoms with van der Waals surface area (Å²) in [5.74, 6) is -1.39. The Morgan fingerprint density at radius 2 is 1.92 bits per heavy atom. The molecule has 1 aromatic rings. The Bertz CT molecular complexity index is 674. The van der Waals surface area contributed by atoms with Gasteiger partial charge in [0, 0.05) is 6.07 Å². The molecule has 0 unspecified atom stereocenters. The van der Waals surface area contributed by atoms with Crippen LogP contribution in [0.4, 0.5) is 0 Å². The molecule has 1 heterocycles. The molecule has 144 valence electrons. The van der Waals surface area contributed by atoms with Crippen LogP contribution in [0.3, 0.4) is 0 Å². The van der Waals surface area contributed by atoms with E-state index in [1.807, 2.05) is 0 Å². The molecule has 3 rings (SSSR count). The maximum absolute atomic E-state index is 11.2. The van der Waals surface area contributed by atoms with Gasteiger partial charge in [-0.2, -0.15) is 0 Å². The largest absolute Gasteiger partial charge is 0.508 e.